The Kier molecular flexibility index (Phi) is 5.01. The van der Waals surface area contributed by atoms with Crippen molar-refractivity contribution in [2.45, 2.75) is 18.9 Å². The zero-order valence-electron chi connectivity index (χ0n) is 16.1. The van der Waals surface area contributed by atoms with E-state index in [0.717, 1.165) is 28.6 Å². The fourth-order valence-electron chi connectivity index (χ4n) is 4.09. The summed E-state index contributed by atoms with van der Waals surface area (Å²) in [5, 5.41) is 5.06. The van der Waals surface area contributed by atoms with Crippen molar-refractivity contribution >= 4 is 34.1 Å². The van der Waals surface area contributed by atoms with Crippen LogP contribution in [0.25, 0.3) is 10.9 Å². The van der Waals surface area contributed by atoms with Gasteiger partial charge in [0.25, 0.3) is 0 Å². The largest absolute Gasteiger partial charge is 0.374 e. The predicted octanol–water partition coefficient (Wildman–Crippen LogP) is 5.06. The molecule has 1 aliphatic rings. The molecule has 4 nitrogen and oxygen atoms in total. The minimum absolute atomic E-state index is 0.0935. The highest BCUT2D eigenvalue weighted by atomic mass is 35.5. The molecule has 4 rings (SSSR count). The third kappa shape index (κ3) is 3.58. The molecule has 1 amide bonds. The van der Waals surface area contributed by atoms with Crippen LogP contribution in [0, 0.1) is 12.7 Å². The van der Waals surface area contributed by atoms with Gasteiger partial charge in [0.05, 0.1) is 17.3 Å². The van der Waals surface area contributed by atoms with E-state index in [2.05, 4.69) is 16.9 Å². The molecule has 29 heavy (non-hydrogen) atoms. The van der Waals surface area contributed by atoms with Crippen LogP contribution in [-0.4, -0.2) is 28.9 Å². The molecule has 0 aliphatic carbocycles. The number of halogens is 2. The molecule has 1 unspecified atom stereocenters. The molecule has 1 atom stereocenters. The topological polar surface area (TPSA) is 45.2 Å². The Morgan fingerprint density at radius 1 is 1.34 bits per heavy atom. The molecule has 6 heteroatoms. The number of hydrogen-bond donors (Lipinski definition) is 1. The van der Waals surface area contributed by atoms with Crippen LogP contribution in [0.3, 0.4) is 0 Å². The SMILES string of the molecule is C=CC(=O)N1CCC(Nc2ccc3cc(F)cnc3c2)(c2cccc(Cl)c2C)C1. The van der Waals surface area contributed by atoms with Crippen LogP contribution in [0.1, 0.15) is 17.5 Å². The molecule has 0 spiro atoms. The number of carbonyl (C=O) groups excluding carboxylic acids is 1. The summed E-state index contributed by atoms with van der Waals surface area (Å²) in [4.78, 5) is 18.2. The molecule has 148 valence electrons. The first kappa shape index (κ1) is 19.4. The lowest BCUT2D eigenvalue weighted by molar-refractivity contribution is -0.125. The van der Waals surface area contributed by atoms with Gasteiger partial charge in [-0.3, -0.25) is 9.78 Å². The second-order valence-electron chi connectivity index (χ2n) is 7.39. The summed E-state index contributed by atoms with van der Waals surface area (Å²) in [5.41, 5.74) is 3.09. The summed E-state index contributed by atoms with van der Waals surface area (Å²) in [6, 6.07) is 12.9. The van der Waals surface area contributed by atoms with Crippen LogP contribution < -0.4 is 5.32 Å². The summed E-state index contributed by atoms with van der Waals surface area (Å²) < 4.78 is 13.4. The second kappa shape index (κ2) is 7.48. The average molecular weight is 410 g/mol. The standard InChI is InChI=1S/C23H21ClFN3O/c1-3-22(29)28-10-9-23(14-28,19-5-4-6-20(24)15(19)2)27-18-8-7-16-11-17(25)13-26-21(16)12-18/h3-8,11-13,27H,1,9-10,14H2,2H3. The van der Waals surface area contributed by atoms with Gasteiger partial charge in [0.2, 0.25) is 5.91 Å². The smallest absolute Gasteiger partial charge is 0.246 e. The van der Waals surface area contributed by atoms with Gasteiger partial charge in [-0.1, -0.05) is 36.4 Å². The molecule has 3 aromatic rings. The Bertz CT molecular complexity index is 1120. The number of nitrogens with zero attached hydrogens (tertiary/aromatic N) is 2. The Hall–Kier alpha value is -2.92. The summed E-state index contributed by atoms with van der Waals surface area (Å²) >= 11 is 6.41. The first-order valence-corrected chi connectivity index (χ1v) is 9.80. The van der Waals surface area contributed by atoms with Crippen molar-refractivity contribution < 1.29 is 9.18 Å². The zero-order valence-corrected chi connectivity index (χ0v) is 16.8. The van der Waals surface area contributed by atoms with Crippen molar-refractivity contribution in [3.8, 4) is 0 Å². The van der Waals surface area contributed by atoms with E-state index in [-0.39, 0.29) is 11.7 Å². The van der Waals surface area contributed by atoms with E-state index in [0.29, 0.717) is 23.6 Å². The van der Waals surface area contributed by atoms with Gasteiger partial charge in [-0.25, -0.2) is 4.39 Å². The molecule has 0 radical (unpaired) electrons. The lowest BCUT2D eigenvalue weighted by Crippen LogP contribution is -2.40. The Balaban J connectivity index is 1.77. The van der Waals surface area contributed by atoms with Gasteiger partial charge in [-0.2, -0.15) is 0 Å². The van der Waals surface area contributed by atoms with Crippen molar-refractivity contribution in [1.82, 2.24) is 9.88 Å². The van der Waals surface area contributed by atoms with E-state index in [4.69, 9.17) is 11.6 Å². The maximum Gasteiger partial charge on any atom is 0.246 e. The van der Waals surface area contributed by atoms with Crippen LogP contribution in [0.5, 0.6) is 0 Å². The maximum absolute atomic E-state index is 13.4. The highest BCUT2D eigenvalue weighted by Gasteiger charge is 2.42. The third-order valence-electron chi connectivity index (χ3n) is 5.57. The second-order valence-corrected chi connectivity index (χ2v) is 7.80. The summed E-state index contributed by atoms with van der Waals surface area (Å²) in [6.45, 7) is 6.71. The van der Waals surface area contributed by atoms with Gasteiger partial charge in [0.15, 0.2) is 0 Å². The normalized spacial score (nSPS) is 18.8. The van der Waals surface area contributed by atoms with E-state index in [9.17, 15) is 9.18 Å². The number of likely N-dealkylation sites (tertiary alicyclic amines) is 1. The van der Waals surface area contributed by atoms with Crippen LogP contribution in [0.2, 0.25) is 5.02 Å². The monoisotopic (exact) mass is 409 g/mol. The van der Waals surface area contributed by atoms with E-state index in [1.807, 2.05) is 43.3 Å². The van der Waals surface area contributed by atoms with Crippen molar-refractivity contribution in [3.63, 3.8) is 0 Å². The van der Waals surface area contributed by atoms with Crippen LogP contribution in [-0.2, 0) is 10.3 Å². The number of nitrogens with one attached hydrogen (secondary N) is 1. The van der Waals surface area contributed by atoms with E-state index < -0.39 is 5.54 Å². The molecule has 0 bridgehead atoms. The number of benzene rings is 2. The van der Waals surface area contributed by atoms with Crippen molar-refractivity contribution in [1.29, 1.82) is 0 Å². The molecule has 1 N–H and O–H groups in total. The number of aromatic nitrogens is 1. The molecule has 0 saturated carbocycles. The Morgan fingerprint density at radius 2 is 2.17 bits per heavy atom. The number of anilines is 1. The number of hydrogen-bond acceptors (Lipinski definition) is 3. The summed E-state index contributed by atoms with van der Waals surface area (Å²) in [5.74, 6) is -0.456. The summed E-state index contributed by atoms with van der Waals surface area (Å²) in [6.07, 6.45) is 3.28. The van der Waals surface area contributed by atoms with Crippen molar-refractivity contribution in [2.24, 2.45) is 0 Å². The first-order chi connectivity index (χ1) is 13.9. The minimum atomic E-state index is -0.499. The first-order valence-electron chi connectivity index (χ1n) is 9.42. The molecule has 1 aliphatic heterocycles. The highest BCUT2D eigenvalue weighted by Crippen LogP contribution is 2.39. The highest BCUT2D eigenvalue weighted by molar-refractivity contribution is 6.31. The Morgan fingerprint density at radius 3 is 2.97 bits per heavy atom. The maximum atomic E-state index is 13.4. The Labute approximate surface area is 174 Å². The zero-order chi connectivity index (χ0) is 20.6. The molecular formula is C23H21ClFN3O. The lowest BCUT2D eigenvalue weighted by atomic mass is 9.85. The fraction of sp³-hybridized carbons (Fsp3) is 0.217. The average Bonchev–Trinajstić information content (AvgIpc) is 3.14. The number of fused-ring (bicyclic) bond motifs is 1. The fourth-order valence-corrected chi connectivity index (χ4v) is 4.27. The number of amides is 1. The molecule has 1 aromatic heterocycles. The summed E-state index contributed by atoms with van der Waals surface area (Å²) in [7, 11) is 0. The van der Waals surface area contributed by atoms with E-state index in [1.165, 1.54) is 18.3 Å². The van der Waals surface area contributed by atoms with Gasteiger partial charge in [0.1, 0.15) is 5.82 Å². The molecule has 2 heterocycles. The number of rotatable bonds is 4. The quantitative estimate of drug-likeness (QED) is 0.612. The van der Waals surface area contributed by atoms with Gasteiger partial charge >= 0.3 is 0 Å². The van der Waals surface area contributed by atoms with Crippen molar-refractivity contribution in [2.75, 3.05) is 18.4 Å². The molecule has 1 saturated heterocycles. The van der Waals surface area contributed by atoms with Gasteiger partial charge < -0.3 is 10.2 Å². The number of carbonyl (C=O) groups is 1. The van der Waals surface area contributed by atoms with E-state index in [1.54, 1.807) is 4.90 Å². The molecule has 2 aromatic carbocycles. The minimum Gasteiger partial charge on any atom is -0.374 e. The third-order valence-corrected chi connectivity index (χ3v) is 5.98. The van der Waals surface area contributed by atoms with E-state index >= 15 is 0 Å². The lowest BCUT2D eigenvalue weighted by Gasteiger charge is -2.34. The van der Waals surface area contributed by atoms with Gasteiger partial charge in [0, 0.05) is 29.2 Å². The van der Waals surface area contributed by atoms with Crippen LogP contribution in [0.4, 0.5) is 10.1 Å². The van der Waals surface area contributed by atoms with Crippen LogP contribution >= 0.6 is 11.6 Å². The number of pyridine rings is 1. The van der Waals surface area contributed by atoms with Gasteiger partial charge in [-0.15, -0.1) is 0 Å². The van der Waals surface area contributed by atoms with Crippen molar-refractivity contribution in [3.05, 3.63) is 83.3 Å². The predicted molar refractivity (Wildman–Crippen MR) is 115 cm³/mol. The van der Waals surface area contributed by atoms with Gasteiger partial charge in [-0.05, 0) is 54.8 Å². The van der Waals surface area contributed by atoms with Crippen LogP contribution in [0.15, 0.2) is 61.3 Å². The molecule has 1 fully saturated rings. The molecular weight excluding hydrogens is 389 g/mol.